The van der Waals surface area contributed by atoms with Gasteiger partial charge in [-0.15, -0.1) is 0 Å². The van der Waals surface area contributed by atoms with E-state index < -0.39 is 0 Å². The van der Waals surface area contributed by atoms with Crippen molar-refractivity contribution >= 4 is 0 Å². The summed E-state index contributed by atoms with van der Waals surface area (Å²) in [6.45, 7) is 4.44. The number of H-pyrrole nitrogens is 1. The van der Waals surface area contributed by atoms with Crippen LogP contribution in [0, 0.1) is 0 Å². The third-order valence-corrected chi connectivity index (χ3v) is 3.07. The maximum absolute atomic E-state index is 4.09. The van der Waals surface area contributed by atoms with E-state index in [2.05, 4.69) is 53.5 Å². The molecular weight excluding hydrogens is 210 g/mol. The first-order chi connectivity index (χ1) is 8.29. The Morgan fingerprint density at radius 3 is 2.59 bits per heavy atom. The molecule has 3 heteroatoms. The molecular formula is C14H19N3. The number of hydrogen-bond donors (Lipinski definition) is 1. The fourth-order valence-electron chi connectivity index (χ4n) is 2.06. The van der Waals surface area contributed by atoms with Gasteiger partial charge in [0.05, 0.1) is 11.9 Å². The Hall–Kier alpha value is -1.64. The highest BCUT2D eigenvalue weighted by Gasteiger charge is 2.08. The smallest absolute Gasteiger partial charge is 0.0830 e. The first kappa shape index (κ1) is 11.8. The molecule has 1 heterocycles. The molecule has 2 rings (SSSR count). The van der Waals surface area contributed by atoms with Crippen LogP contribution in [0.3, 0.4) is 0 Å². The van der Waals surface area contributed by atoms with Crippen molar-refractivity contribution in [3.05, 3.63) is 47.3 Å². The largest absolute Gasteiger partial charge is 0.198 e. The molecule has 0 aliphatic heterocycles. The van der Waals surface area contributed by atoms with Crippen LogP contribution in [0.25, 0.3) is 0 Å². The number of aryl methyl sites for hydroxylation is 1. The Morgan fingerprint density at radius 1 is 1.24 bits per heavy atom. The highest BCUT2D eigenvalue weighted by molar-refractivity contribution is 5.26. The molecule has 0 spiro atoms. The molecule has 0 amide bonds. The number of nitrogens with zero attached hydrogens (tertiary/aromatic N) is 2. The van der Waals surface area contributed by atoms with E-state index in [0.717, 1.165) is 18.5 Å². The quantitative estimate of drug-likeness (QED) is 0.856. The molecule has 0 aliphatic carbocycles. The van der Waals surface area contributed by atoms with Gasteiger partial charge in [-0.25, -0.2) is 0 Å². The molecule has 0 saturated heterocycles. The third-order valence-electron chi connectivity index (χ3n) is 3.07. The van der Waals surface area contributed by atoms with Crippen molar-refractivity contribution in [2.24, 2.45) is 0 Å². The number of aromatic nitrogens is 3. The number of benzene rings is 1. The summed E-state index contributed by atoms with van der Waals surface area (Å²) < 4.78 is 0. The fraction of sp³-hybridized carbons (Fsp3) is 0.429. The van der Waals surface area contributed by atoms with Gasteiger partial charge in [-0.1, -0.05) is 44.5 Å². The van der Waals surface area contributed by atoms with Gasteiger partial charge in [0.25, 0.3) is 0 Å². The lowest BCUT2D eigenvalue weighted by Gasteiger charge is -2.10. The fourth-order valence-corrected chi connectivity index (χ4v) is 2.06. The molecule has 1 N–H and O–H groups in total. The highest BCUT2D eigenvalue weighted by atomic mass is 15.3. The second kappa shape index (κ2) is 5.62. The van der Waals surface area contributed by atoms with E-state index in [1.807, 2.05) is 0 Å². The van der Waals surface area contributed by atoms with Crippen molar-refractivity contribution in [3.63, 3.8) is 0 Å². The van der Waals surface area contributed by atoms with Crippen LogP contribution in [-0.4, -0.2) is 15.4 Å². The van der Waals surface area contributed by atoms with Crippen molar-refractivity contribution in [2.45, 2.75) is 39.0 Å². The minimum Gasteiger partial charge on any atom is -0.198 e. The summed E-state index contributed by atoms with van der Waals surface area (Å²) in [6.07, 6.45) is 5.09. The summed E-state index contributed by atoms with van der Waals surface area (Å²) in [7, 11) is 0. The third kappa shape index (κ3) is 3.16. The second-order valence-electron chi connectivity index (χ2n) is 4.56. The van der Waals surface area contributed by atoms with Gasteiger partial charge in [-0.3, -0.25) is 0 Å². The van der Waals surface area contributed by atoms with Crippen molar-refractivity contribution in [1.29, 1.82) is 0 Å². The van der Waals surface area contributed by atoms with Crippen molar-refractivity contribution in [1.82, 2.24) is 15.4 Å². The molecule has 90 valence electrons. The zero-order valence-electron chi connectivity index (χ0n) is 10.5. The van der Waals surface area contributed by atoms with Gasteiger partial charge in [0.1, 0.15) is 0 Å². The van der Waals surface area contributed by atoms with Gasteiger partial charge < -0.3 is 0 Å². The van der Waals surface area contributed by atoms with E-state index in [9.17, 15) is 0 Å². The highest BCUT2D eigenvalue weighted by Crippen LogP contribution is 2.19. The van der Waals surface area contributed by atoms with Crippen LogP contribution in [0.1, 0.15) is 43.0 Å². The Morgan fingerprint density at radius 2 is 2.00 bits per heavy atom. The van der Waals surface area contributed by atoms with Gasteiger partial charge >= 0.3 is 0 Å². The summed E-state index contributed by atoms with van der Waals surface area (Å²) in [5, 5.41) is 10.6. The summed E-state index contributed by atoms with van der Waals surface area (Å²) in [5.74, 6) is 0.482. The molecule has 17 heavy (non-hydrogen) atoms. The zero-order valence-corrected chi connectivity index (χ0v) is 10.5. The predicted octanol–water partition coefficient (Wildman–Crippen LogP) is 3.10. The lowest BCUT2D eigenvalue weighted by molar-refractivity contribution is 0.735. The standard InChI is InChI=1S/C14H19N3/c1-3-4-12-5-7-13(8-6-12)11(2)9-14-10-15-17-16-14/h5-8,10-11H,3-4,9H2,1-2H3,(H,15,16,17). The van der Waals surface area contributed by atoms with Gasteiger partial charge in [-0.2, -0.15) is 15.4 Å². The molecule has 0 bridgehead atoms. The van der Waals surface area contributed by atoms with Gasteiger partial charge in [0.15, 0.2) is 0 Å². The lowest BCUT2D eigenvalue weighted by Crippen LogP contribution is -1.99. The summed E-state index contributed by atoms with van der Waals surface area (Å²) >= 11 is 0. The number of aromatic amines is 1. The number of hydrogen-bond acceptors (Lipinski definition) is 2. The lowest BCUT2D eigenvalue weighted by atomic mass is 9.95. The van der Waals surface area contributed by atoms with E-state index >= 15 is 0 Å². The Bertz CT molecular complexity index is 431. The Balaban J connectivity index is 2.01. The van der Waals surface area contributed by atoms with Crippen LogP contribution < -0.4 is 0 Å². The van der Waals surface area contributed by atoms with Crippen LogP contribution in [0.15, 0.2) is 30.5 Å². The van der Waals surface area contributed by atoms with Crippen molar-refractivity contribution in [3.8, 4) is 0 Å². The molecule has 3 nitrogen and oxygen atoms in total. The molecule has 1 atom stereocenters. The minimum absolute atomic E-state index is 0.482. The Labute approximate surface area is 102 Å². The SMILES string of the molecule is CCCc1ccc(C(C)Cc2cn[nH]n2)cc1. The van der Waals surface area contributed by atoms with Crippen LogP contribution in [0.2, 0.25) is 0 Å². The molecule has 0 radical (unpaired) electrons. The van der Waals surface area contributed by atoms with E-state index in [1.54, 1.807) is 6.20 Å². The van der Waals surface area contributed by atoms with Gasteiger partial charge in [0.2, 0.25) is 0 Å². The van der Waals surface area contributed by atoms with Gasteiger partial charge in [0, 0.05) is 0 Å². The molecule has 0 saturated carbocycles. The first-order valence-corrected chi connectivity index (χ1v) is 6.23. The van der Waals surface area contributed by atoms with E-state index in [4.69, 9.17) is 0 Å². The maximum Gasteiger partial charge on any atom is 0.0830 e. The van der Waals surface area contributed by atoms with Crippen LogP contribution >= 0.6 is 0 Å². The van der Waals surface area contributed by atoms with Crippen LogP contribution in [0.4, 0.5) is 0 Å². The zero-order chi connectivity index (χ0) is 12.1. The monoisotopic (exact) mass is 229 g/mol. The predicted molar refractivity (Wildman–Crippen MR) is 68.9 cm³/mol. The maximum atomic E-state index is 4.09. The van der Waals surface area contributed by atoms with Crippen molar-refractivity contribution in [2.75, 3.05) is 0 Å². The number of rotatable bonds is 5. The summed E-state index contributed by atoms with van der Waals surface area (Å²) in [5.41, 5.74) is 3.81. The molecule has 0 aliphatic rings. The molecule has 1 aromatic carbocycles. The molecule has 1 aromatic heterocycles. The summed E-state index contributed by atoms with van der Waals surface area (Å²) in [6, 6.07) is 8.93. The Kier molecular flexibility index (Phi) is 3.91. The summed E-state index contributed by atoms with van der Waals surface area (Å²) in [4.78, 5) is 0. The minimum atomic E-state index is 0.482. The van der Waals surface area contributed by atoms with Crippen LogP contribution in [0.5, 0.6) is 0 Å². The first-order valence-electron chi connectivity index (χ1n) is 6.23. The second-order valence-corrected chi connectivity index (χ2v) is 4.56. The average Bonchev–Trinajstić information content (AvgIpc) is 2.83. The average molecular weight is 229 g/mol. The van der Waals surface area contributed by atoms with E-state index in [1.165, 1.54) is 17.5 Å². The normalized spacial score (nSPS) is 12.6. The number of nitrogens with one attached hydrogen (secondary N) is 1. The molecule has 0 fully saturated rings. The molecule has 2 aromatic rings. The van der Waals surface area contributed by atoms with Gasteiger partial charge in [-0.05, 0) is 29.9 Å². The van der Waals surface area contributed by atoms with Crippen LogP contribution in [-0.2, 0) is 12.8 Å². The van der Waals surface area contributed by atoms with Crippen molar-refractivity contribution < 1.29 is 0 Å². The van der Waals surface area contributed by atoms with E-state index in [0.29, 0.717) is 5.92 Å². The topological polar surface area (TPSA) is 41.6 Å². The van der Waals surface area contributed by atoms with E-state index in [-0.39, 0.29) is 0 Å². The molecule has 1 unspecified atom stereocenters.